The fraction of sp³-hybridized carbons (Fsp3) is 0.200. The summed E-state index contributed by atoms with van der Waals surface area (Å²) in [6, 6.07) is 5.16. The predicted molar refractivity (Wildman–Crippen MR) is 60.1 cm³/mol. The lowest BCUT2D eigenvalue weighted by atomic mass is 10.2. The van der Waals surface area contributed by atoms with Crippen LogP contribution in [0.2, 0.25) is 0 Å². The van der Waals surface area contributed by atoms with Crippen LogP contribution in [-0.2, 0) is 4.79 Å². The molecule has 16 heavy (non-hydrogen) atoms. The number of nitrogens with one attached hydrogen (secondary N) is 1. The molecule has 1 amide bonds. The molecule has 1 unspecified atom stereocenters. The maximum absolute atomic E-state index is 11.5. The van der Waals surface area contributed by atoms with Crippen molar-refractivity contribution in [3.8, 4) is 0 Å². The number of hydrogen-bond acceptors (Lipinski definition) is 3. The van der Waals surface area contributed by atoms with Crippen LogP contribution in [0.1, 0.15) is 10.4 Å². The number of benzene rings is 1. The van der Waals surface area contributed by atoms with Crippen LogP contribution in [-0.4, -0.2) is 34.7 Å². The van der Waals surface area contributed by atoms with Crippen molar-refractivity contribution in [3.63, 3.8) is 0 Å². The zero-order valence-electron chi connectivity index (χ0n) is 8.18. The van der Waals surface area contributed by atoms with Gasteiger partial charge in [-0.1, -0.05) is 15.9 Å². The molecule has 0 aromatic heterocycles. The lowest BCUT2D eigenvalue weighted by Gasteiger charge is -2.11. The van der Waals surface area contributed by atoms with Gasteiger partial charge in [0.2, 0.25) is 0 Å². The Morgan fingerprint density at radius 3 is 2.31 bits per heavy atom. The van der Waals surface area contributed by atoms with Crippen LogP contribution in [0.3, 0.4) is 0 Å². The SMILES string of the molecule is O=C(NC(CO)C(=O)O)c1ccc(Br)cc1. The van der Waals surface area contributed by atoms with Gasteiger partial charge in [0.05, 0.1) is 6.61 Å². The number of carbonyl (C=O) groups is 2. The Balaban J connectivity index is 2.71. The average Bonchev–Trinajstić information content (AvgIpc) is 2.26. The van der Waals surface area contributed by atoms with Gasteiger partial charge >= 0.3 is 5.97 Å². The highest BCUT2D eigenvalue weighted by molar-refractivity contribution is 9.10. The molecule has 5 nitrogen and oxygen atoms in total. The molecule has 0 heterocycles. The molecular weight excluding hydrogens is 278 g/mol. The summed E-state index contributed by atoms with van der Waals surface area (Å²) in [5.74, 6) is -1.80. The minimum atomic E-state index is -1.28. The molecule has 0 bridgehead atoms. The van der Waals surface area contributed by atoms with E-state index >= 15 is 0 Å². The van der Waals surface area contributed by atoms with Gasteiger partial charge in [0, 0.05) is 10.0 Å². The zero-order valence-corrected chi connectivity index (χ0v) is 9.77. The van der Waals surface area contributed by atoms with Gasteiger partial charge in [-0.25, -0.2) is 4.79 Å². The van der Waals surface area contributed by atoms with Crippen LogP contribution in [0.15, 0.2) is 28.7 Å². The van der Waals surface area contributed by atoms with E-state index in [1.54, 1.807) is 24.3 Å². The van der Waals surface area contributed by atoms with Crippen LogP contribution in [0, 0.1) is 0 Å². The Hall–Kier alpha value is -1.40. The van der Waals surface area contributed by atoms with E-state index in [0.717, 1.165) is 4.47 Å². The first-order valence-electron chi connectivity index (χ1n) is 4.44. The smallest absolute Gasteiger partial charge is 0.328 e. The molecule has 3 N–H and O–H groups in total. The van der Waals surface area contributed by atoms with Gasteiger partial charge in [-0.2, -0.15) is 0 Å². The second-order valence-corrected chi connectivity index (χ2v) is 3.97. The van der Waals surface area contributed by atoms with Gasteiger partial charge in [0.25, 0.3) is 5.91 Å². The van der Waals surface area contributed by atoms with Gasteiger partial charge < -0.3 is 15.5 Å². The van der Waals surface area contributed by atoms with E-state index in [1.165, 1.54) is 0 Å². The molecule has 0 aliphatic heterocycles. The van der Waals surface area contributed by atoms with Gasteiger partial charge in [-0.05, 0) is 24.3 Å². The topological polar surface area (TPSA) is 86.6 Å². The number of halogens is 1. The van der Waals surface area contributed by atoms with Crippen molar-refractivity contribution in [2.75, 3.05) is 6.61 Å². The third-order valence-corrected chi connectivity index (χ3v) is 2.42. The molecular formula is C10H10BrNO4. The Morgan fingerprint density at radius 1 is 1.31 bits per heavy atom. The average molecular weight is 288 g/mol. The molecule has 1 aromatic carbocycles. The number of carbonyl (C=O) groups excluding carboxylic acids is 1. The Morgan fingerprint density at radius 2 is 1.88 bits per heavy atom. The zero-order chi connectivity index (χ0) is 12.1. The molecule has 0 aliphatic rings. The van der Waals surface area contributed by atoms with Crippen LogP contribution >= 0.6 is 15.9 Å². The summed E-state index contributed by atoms with van der Waals surface area (Å²) in [5, 5.41) is 19.6. The minimum absolute atomic E-state index is 0.336. The Labute approximate surface area is 100 Å². The highest BCUT2D eigenvalue weighted by Crippen LogP contribution is 2.10. The molecule has 86 valence electrons. The van der Waals surface area contributed by atoms with Crippen molar-refractivity contribution < 1.29 is 19.8 Å². The fourth-order valence-corrected chi connectivity index (χ4v) is 1.29. The Kier molecular flexibility index (Phi) is 4.45. The number of rotatable bonds is 4. The highest BCUT2D eigenvalue weighted by Gasteiger charge is 2.19. The van der Waals surface area contributed by atoms with Crippen LogP contribution in [0.5, 0.6) is 0 Å². The number of aliphatic hydroxyl groups excluding tert-OH is 1. The van der Waals surface area contributed by atoms with E-state index in [-0.39, 0.29) is 0 Å². The van der Waals surface area contributed by atoms with E-state index in [0.29, 0.717) is 5.56 Å². The van der Waals surface area contributed by atoms with E-state index in [2.05, 4.69) is 21.2 Å². The second-order valence-electron chi connectivity index (χ2n) is 3.05. The van der Waals surface area contributed by atoms with Gasteiger partial charge in [-0.3, -0.25) is 4.79 Å². The van der Waals surface area contributed by atoms with Gasteiger partial charge in [-0.15, -0.1) is 0 Å². The molecule has 0 fully saturated rings. The quantitative estimate of drug-likeness (QED) is 0.758. The monoisotopic (exact) mass is 287 g/mol. The molecule has 6 heteroatoms. The maximum atomic E-state index is 11.5. The van der Waals surface area contributed by atoms with Crippen molar-refractivity contribution in [3.05, 3.63) is 34.3 Å². The first-order valence-corrected chi connectivity index (χ1v) is 5.24. The summed E-state index contributed by atoms with van der Waals surface area (Å²) < 4.78 is 0.820. The summed E-state index contributed by atoms with van der Waals surface area (Å²) in [4.78, 5) is 22.1. The number of hydrogen-bond donors (Lipinski definition) is 3. The normalized spacial score (nSPS) is 11.9. The highest BCUT2D eigenvalue weighted by atomic mass is 79.9. The Bertz CT molecular complexity index is 390. The minimum Gasteiger partial charge on any atom is -0.480 e. The molecule has 1 aromatic rings. The van der Waals surface area contributed by atoms with Gasteiger partial charge in [0.15, 0.2) is 6.04 Å². The molecule has 1 rings (SSSR count). The van der Waals surface area contributed by atoms with Crippen molar-refractivity contribution in [2.24, 2.45) is 0 Å². The standard InChI is InChI=1S/C10H10BrNO4/c11-7-3-1-6(2-4-7)9(14)12-8(5-13)10(15)16/h1-4,8,13H,5H2,(H,12,14)(H,15,16). The van der Waals surface area contributed by atoms with E-state index in [9.17, 15) is 9.59 Å². The third kappa shape index (κ3) is 3.32. The molecule has 0 spiro atoms. The number of aliphatic carboxylic acids is 1. The lowest BCUT2D eigenvalue weighted by Crippen LogP contribution is -2.43. The largest absolute Gasteiger partial charge is 0.480 e. The van der Waals surface area contributed by atoms with E-state index < -0.39 is 24.5 Å². The maximum Gasteiger partial charge on any atom is 0.328 e. The van der Waals surface area contributed by atoms with Crippen LogP contribution in [0.4, 0.5) is 0 Å². The summed E-state index contributed by atoms with van der Waals surface area (Å²) in [7, 11) is 0. The summed E-state index contributed by atoms with van der Waals surface area (Å²) in [6.07, 6.45) is 0. The van der Waals surface area contributed by atoms with Crippen molar-refractivity contribution in [2.45, 2.75) is 6.04 Å². The van der Waals surface area contributed by atoms with E-state index in [4.69, 9.17) is 10.2 Å². The van der Waals surface area contributed by atoms with Crippen molar-refractivity contribution in [1.29, 1.82) is 0 Å². The van der Waals surface area contributed by atoms with Gasteiger partial charge in [0.1, 0.15) is 0 Å². The predicted octanol–water partition coefficient (Wildman–Crippen LogP) is 0.624. The summed E-state index contributed by atoms with van der Waals surface area (Å²) >= 11 is 3.22. The second kappa shape index (κ2) is 5.62. The fourth-order valence-electron chi connectivity index (χ4n) is 1.03. The lowest BCUT2D eigenvalue weighted by molar-refractivity contribution is -0.140. The summed E-state index contributed by atoms with van der Waals surface area (Å²) in [6.45, 7) is -0.641. The number of amides is 1. The van der Waals surface area contributed by atoms with Crippen LogP contribution < -0.4 is 5.32 Å². The molecule has 0 aliphatic carbocycles. The first kappa shape index (κ1) is 12.7. The molecule has 0 saturated carbocycles. The van der Waals surface area contributed by atoms with Crippen molar-refractivity contribution in [1.82, 2.24) is 5.32 Å². The van der Waals surface area contributed by atoms with Crippen molar-refractivity contribution >= 4 is 27.8 Å². The molecule has 0 radical (unpaired) electrons. The molecule has 1 atom stereocenters. The first-order chi connectivity index (χ1) is 7.54. The molecule has 0 saturated heterocycles. The van der Waals surface area contributed by atoms with E-state index in [1.807, 2.05) is 0 Å². The van der Waals surface area contributed by atoms with Crippen LogP contribution in [0.25, 0.3) is 0 Å². The summed E-state index contributed by atoms with van der Waals surface area (Å²) in [5.41, 5.74) is 0.336. The third-order valence-electron chi connectivity index (χ3n) is 1.89. The number of carboxylic acid groups (broad SMARTS) is 1. The number of carboxylic acids is 1. The number of aliphatic hydroxyl groups is 1.